The first-order valence-corrected chi connectivity index (χ1v) is 26.2. The lowest BCUT2D eigenvalue weighted by atomic mass is 9.82. The smallest absolute Gasteiger partial charge is 0.328 e. The monoisotopic (exact) mass is 959 g/mol. The summed E-state index contributed by atoms with van der Waals surface area (Å²) >= 11 is 0. The second-order valence-electron chi connectivity index (χ2n) is 19.5. The average Bonchev–Trinajstić information content (AvgIpc) is 3.56. The second kappa shape index (κ2) is 20.8. The van der Waals surface area contributed by atoms with Crippen LogP contribution in [-0.4, -0.2) is 97.5 Å². The van der Waals surface area contributed by atoms with Gasteiger partial charge in [0.05, 0.1) is 34.1 Å². The van der Waals surface area contributed by atoms with Crippen LogP contribution in [0.15, 0.2) is 94.6 Å². The minimum atomic E-state index is -4.22. The Balaban J connectivity index is 0.744. The van der Waals surface area contributed by atoms with Crippen molar-refractivity contribution in [1.29, 1.82) is 0 Å². The molecule has 2 N–H and O–H groups in total. The largest absolute Gasteiger partial charge is 0.493 e. The molecule has 4 aliphatic rings. The number of nitrogens with one attached hydrogen (secondary N) is 2. The quantitative estimate of drug-likeness (QED) is 0.0997. The molecule has 5 aromatic rings. The number of aromatic nitrogens is 2. The summed E-state index contributed by atoms with van der Waals surface area (Å²) < 4.78 is 45.9. The molecule has 0 spiro atoms. The molecule has 1 unspecified atom stereocenters. The van der Waals surface area contributed by atoms with Crippen LogP contribution in [-0.2, 0) is 33.7 Å². The summed E-state index contributed by atoms with van der Waals surface area (Å²) in [6, 6.07) is 24.8. The van der Waals surface area contributed by atoms with Gasteiger partial charge in [0.2, 0.25) is 11.8 Å². The van der Waals surface area contributed by atoms with Gasteiger partial charge in [-0.2, -0.15) is 0 Å². The number of benzene rings is 4. The highest BCUT2D eigenvalue weighted by molar-refractivity contribution is 7.92. The number of amides is 3. The molecule has 4 aromatic carbocycles. The van der Waals surface area contributed by atoms with Crippen molar-refractivity contribution in [3.63, 3.8) is 0 Å². The number of rotatable bonds is 15. The molecular formula is C53H65N7O8S. The lowest BCUT2D eigenvalue weighted by Gasteiger charge is -2.39. The maximum absolute atomic E-state index is 14.1. The van der Waals surface area contributed by atoms with Crippen LogP contribution < -0.4 is 30.1 Å². The van der Waals surface area contributed by atoms with E-state index in [4.69, 9.17) is 9.47 Å². The van der Waals surface area contributed by atoms with Crippen molar-refractivity contribution in [2.75, 3.05) is 62.0 Å². The van der Waals surface area contributed by atoms with E-state index in [0.29, 0.717) is 78.4 Å². The fraction of sp³-hybridized carbons (Fsp3) is 0.472. The number of nitrogens with zero attached hydrogens (tertiary/aromatic N) is 5. The molecule has 69 heavy (non-hydrogen) atoms. The van der Waals surface area contributed by atoms with E-state index in [1.165, 1.54) is 59.1 Å². The van der Waals surface area contributed by atoms with Crippen LogP contribution >= 0.6 is 0 Å². The van der Waals surface area contributed by atoms with Gasteiger partial charge in [-0.3, -0.25) is 33.6 Å². The summed E-state index contributed by atoms with van der Waals surface area (Å²) in [4.78, 5) is 57.6. The summed E-state index contributed by atoms with van der Waals surface area (Å²) in [5.41, 5.74) is 3.44. The third kappa shape index (κ3) is 11.0. The normalized spacial score (nSPS) is 19.2. The second-order valence-corrected chi connectivity index (χ2v) is 21.2. The molecule has 1 aromatic heterocycles. The van der Waals surface area contributed by atoms with Crippen LogP contribution in [0.2, 0.25) is 0 Å². The minimum absolute atomic E-state index is 0.0568. The van der Waals surface area contributed by atoms with Crippen molar-refractivity contribution < 1.29 is 32.3 Å². The van der Waals surface area contributed by atoms with Crippen LogP contribution in [0.5, 0.6) is 17.2 Å². The molecule has 1 atom stereocenters. The predicted molar refractivity (Wildman–Crippen MR) is 267 cm³/mol. The van der Waals surface area contributed by atoms with E-state index in [-0.39, 0.29) is 45.7 Å². The fourth-order valence-electron chi connectivity index (χ4n) is 10.8. The molecule has 0 bridgehead atoms. The van der Waals surface area contributed by atoms with E-state index in [1.807, 2.05) is 30.0 Å². The van der Waals surface area contributed by atoms with Gasteiger partial charge in [-0.05, 0) is 143 Å². The summed E-state index contributed by atoms with van der Waals surface area (Å²) in [7, 11) is -0.939. The number of ether oxygens (including phenoxy) is 2. The highest BCUT2D eigenvalue weighted by Gasteiger charge is 2.31. The van der Waals surface area contributed by atoms with Crippen molar-refractivity contribution in [3.05, 3.63) is 107 Å². The number of imidazole rings is 1. The zero-order valence-corrected chi connectivity index (χ0v) is 40.8. The van der Waals surface area contributed by atoms with E-state index >= 15 is 0 Å². The Hall–Kier alpha value is -6.13. The first-order chi connectivity index (χ1) is 33.3. The van der Waals surface area contributed by atoms with Gasteiger partial charge in [0.15, 0.2) is 5.75 Å². The van der Waals surface area contributed by atoms with Gasteiger partial charge in [-0.15, -0.1) is 0 Å². The van der Waals surface area contributed by atoms with Gasteiger partial charge in [-0.1, -0.05) is 31.2 Å². The number of carbonyl (C=O) groups is 3. The number of carbonyl (C=O) groups excluding carboxylic acids is 3. The van der Waals surface area contributed by atoms with Gasteiger partial charge in [0, 0.05) is 76.6 Å². The number of likely N-dealkylation sites (tertiary alicyclic amines) is 2. The number of imide groups is 1. The molecule has 3 amide bonds. The zero-order chi connectivity index (χ0) is 48.2. The number of fused-ring (bicyclic) bond motifs is 1. The molecule has 366 valence electrons. The number of anilines is 2. The molecule has 4 fully saturated rings. The van der Waals surface area contributed by atoms with Crippen molar-refractivity contribution in [2.24, 2.45) is 31.8 Å². The number of aryl methyl sites for hydroxylation is 2. The Morgan fingerprint density at radius 2 is 1.39 bits per heavy atom. The van der Waals surface area contributed by atoms with E-state index in [9.17, 15) is 27.6 Å². The minimum Gasteiger partial charge on any atom is -0.493 e. The molecule has 0 aliphatic carbocycles. The summed E-state index contributed by atoms with van der Waals surface area (Å²) in [5, 5.41) is 2.47. The highest BCUT2D eigenvalue weighted by Crippen LogP contribution is 2.37. The molecule has 4 aliphatic heterocycles. The summed E-state index contributed by atoms with van der Waals surface area (Å²) in [5.74, 6) is 2.38. The summed E-state index contributed by atoms with van der Waals surface area (Å²) in [6.07, 6.45) is 9.59. The molecule has 15 nitrogen and oxygen atoms in total. The Kier molecular flexibility index (Phi) is 14.5. The Bertz CT molecular complexity index is 2840. The molecule has 0 radical (unpaired) electrons. The SMILES string of the molecule is CCCOc1cccc(Oc2cc3c(cc2NS(=O)(=O)c2cccc(C(=O)N4CCC(CC5CCN(CC6CCN(c7ccc(C8CCC(=O)NC8=O)cc7)CC6)CC5)CC4)c2)n(C)c(=O)n3C)c1. The van der Waals surface area contributed by atoms with E-state index in [2.05, 4.69) is 32.0 Å². The molecule has 5 heterocycles. The topological polar surface area (TPSA) is 165 Å². The van der Waals surface area contributed by atoms with Crippen molar-refractivity contribution in [1.82, 2.24) is 24.3 Å². The Labute approximate surface area is 404 Å². The van der Waals surface area contributed by atoms with E-state index < -0.39 is 10.0 Å². The lowest BCUT2D eigenvalue weighted by molar-refractivity contribution is -0.134. The van der Waals surface area contributed by atoms with Crippen molar-refractivity contribution >= 4 is 50.2 Å². The van der Waals surface area contributed by atoms with Crippen LogP contribution in [0.3, 0.4) is 0 Å². The van der Waals surface area contributed by atoms with E-state index in [1.54, 1.807) is 56.6 Å². The first-order valence-electron chi connectivity index (χ1n) is 24.7. The van der Waals surface area contributed by atoms with Gasteiger partial charge in [-0.25, -0.2) is 13.2 Å². The molecular weight excluding hydrogens is 895 g/mol. The Morgan fingerprint density at radius 1 is 0.739 bits per heavy atom. The summed E-state index contributed by atoms with van der Waals surface area (Å²) in [6.45, 7) is 9.31. The van der Waals surface area contributed by atoms with Crippen molar-refractivity contribution in [3.8, 4) is 17.2 Å². The van der Waals surface area contributed by atoms with Gasteiger partial charge >= 0.3 is 5.69 Å². The maximum Gasteiger partial charge on any atom is 0.328 e. The third-order valence-electron chi connectivity index (χ3n) is 14.8. The van der Waals surface area contributed by atoms with Crippen LogP contribution in [0.25, 0.3) is 11.0 Å². The van der Waals surface area contributed by atoms with Gasteiger partial charge in [0.25, 0.3) is 15.9 Å². The first kappa shape index (κ1) is 47.9. The maximum atomic E-state index is 14.1. The van der Waals surface area contributed by atoms with E-state index in [0.717, 1.165) is 57.5 Å². The zero-order valence-electron chi connectivity index (χ0n) is 40.0. The van der Waals surface area contributed by atoms with Crippen LogP contribution in [0.1, 0.15) is 93.0 Å². The standard InChI is InChI=1S/C53H65N7O8S/c1-4-29-67-42-8-6-9-43(32-42)68-49-34-48-47(56(2)53(64)57(48)3)33-46(49)55-69(65,66)44-10-5-7-40(31-44)52(63)60-27-19-37(20-28-60)30-36-17-23-58(24-18-36)35-38-21-25-59(26-22-38)41-13-11-39(12-14-41)45-15-16-50(61)54-51(45)62/h5-14,31-34,36-38,45,55H,4,15-30,35H2,1-3H3,(H,54,61,62). The van der Waals surface area contributed by atoms with Gasteiger partial charge in [0.1, 0.15) is 11.5 Å². The lowest BCUT2D eigenvalue weighted by Crippen LogP contribution is -2.42. The predicted octanol–water partition coefficient (Wildman–Crippen LogP) is 7.65. The molecule has 4 saturated heterocycles. The number of hydrogen-bond acceptors (Lipinski definition) is 10. The molecule has 9 rings (SSSR count). The van der Waals surface area contributed by atoms with Crippen molar-refractivity contribution in [2.45, 2.75) is 81.9 Å². The highest BCUT2D eigenvalue weighted by atomic mass is 32.2. The fourth-order valence-corrected chi connectivity index (χ4v) is 11.9. The molecule has 16 heteroatoms. The Morgan fingerprint density at radius 3 is 2.09 bits per heavy atom. The number of piperidine rings is 4. The average molecular weight is 960 g/mol. The van der Waals surface area contributed by atoms with Crippen LogP contribution in [0, 0.1) is 17.8 Å². The van der Waals surface area contributed by atoms with Gasteiger partial charge < -0.3 is 24.2 Å². The third-order valence-corrected chi connectivity index (χ3v) is 16.2. The number of hydrogen-bond donors (Lipinski definition) is 2. The number of sulfonamides is 1. The molecule has 0 saturated carbocycles. The van der Waals surface area contributed by atoms with Crippen LogP contribution in [0.4, 0.5) is 11.4 Å².